The van der Waals surface area contributed by atoms with E-state index in [2.05, 4.69) is 15.3 Å². The molecule has 0 aromatic carbocycles. The SMILES string of the molecule is O=C1NC=N[C@@H]2[C@@H]1N=CN2[C@@H]1O[C@H](CO)[C@@H](O)[C@@H]1O. The zero-order chi connectivity index (χ0) is 13.6. The van der Waals surface area contributed by atoms with E-state index in [-0.39, 0.29) is 5.91 Å². The summed E-state index contributed by atoms with van der Waals surface area (Å²) in [6.07, 6.45) is -2.11. The van der Waals surface area contributed by atoms with Gasteiger partial charge in [-0.15, -0.1) is 0 Å². The van der Waals surface area contributed by atoms with Crippen molar-refractivity contribution in [2.75, 3.05) is 6.61 Å². The third kappa shape index (κ3) is 1.82. The Morgan fingerprint density at radius 1 is 1.37 bits per heavy atom. The van der Waals surface area contributed by atoms with Crippen LogP contribution in [-0.4, -0.2) is 82.2 Å². The summed E-state index contributed by atoms with van der Waals surface area (Å²) in [6, 6.07) is -0.689. The number of rotatable bonds is 2. The first-order chi connectivity index (χ1) is 9.13. The second-order valence-electron chi connectivity index (χ2n) is 4.59. The van der Waals surface area contributed by atoms with Crippen molar-refractivity contribution >= 4 is 18.6 Å². The first-order valence-electron chi connectivity index (χ1n) is 5.88. The number of nitrogens with zero attached hydrogens (tertiary/aromatic N) is 3. The van der Waals surface area contributed by atoms with E-state index >= 15 is 0 Å². The van der Waals surface area contributed by atoms with Gasteiger partial charge in [0.25, 0.3) is 5.91 Å². The number of fused-ring (bicyclic) bond motifs is 1. The Kier molecular flexibility index (Phi) is 2.97. The molecule has 4 N–H and O–H groups in total. The number of aliphatic imine (C=N–C) groups is 2. The van der Waals surface area contributed by atoms with Gasteiger partial charge in [-0.1, -0.05) is 0 Å². The number of aliphatic hydroxyl groups excluding tert-OH is 3. The highest BCUT2D eigenvalue weighted by molar-refractivity contribution is 5.96. The van der Waals surface area contributed by atoms with Crippen LogP contribution in [0.1, 0.15) is 0 Å². The summed E-state index contributed by atoms with van der Waals surface area (Å²) in [5, 5.41) is 31.1. The van der Waals surface area contributed by atoms with Gasteiger partial charge in [0.05, 0.1) is 19.3 Å². The first kappa shape index (κ1) is 12.5. The standard InChI is InChI=1S/C10H14N4O5/c15-1-4-6(16)7(17)10(19-4)14-3-13-5-8(14)11-2-12-9(5)18/h2-8,10,15-17H,1H2,(H,11,12,18)/t4-,5+,6-,7+,8+,10-/m1/s1. The van der Waals surface area contributed by atoms with Crippen LogP contribution in [0.3, 0.4) is 0 Å². The molecule has 0 radical (unpaired) electrons. The fraction of sp³-hybridized carbons (Fsp3) is 0.700. The summed E-state index contributed by atoms with van der Waals surface area (Å²) < 4.78 is 5.38. The summed E-state index contributed by atoms with van der Waals surface area (Å²) in [5.41, 5.74) is 0. The Bertz CT molecular complexity index is 442. The number of amides is 1. The van der Waals surface area contributed by atoms with Crippen molar-refractivity contribution in [1.82, 2.24) is 10.2 Å². The maximum Gasteiger partial charge on any atom is 0.254 e. The molecule has 104 valence electrons. The minimum absolute atomic E-state index is 0.287. The summed E-state index contributed by atoms with van der Waals surface area (Å²) in [5.74, 6) is -0.287. The Morgan fingerprint density at radius 3 is 2.84 bits per heavy atom. The van der Waals surface area contributed by atoms with Gasteiger partial charge in [-0.2, -0.15) is 0 Å². The first-order valence-corrected chi connectivity index (χ1v) is 5.88. The highest BCUT2D eigenvalue weighted by Gasteiger charge is 2.50. The van der Waals surface area contributed by atoms with E-state index in [1.807, 2.05) is 0 Å². The smallest absolute Gasteiger partial charge is 0.254 e. The minimum atomic E-state index is -1.21. The molecule has 1 fully saturated rings. The molecule has 9 nitrogen and oxygen atoms in total. The Hall–Kier alpha value is -1.55. The van der Waals surface area contributed by atoms with Crippen LogP contribution < -0.4 is 5.32 Å². The Labute approximate surface area is 108 Å². The molecule has 3 heterocycles. The van der Waals surface area contributed by atoms with Gasteiger partial charge in [0, 0.05) is 0 Å². The molecule has 0 saturated carbocycles. The molecule has 0 unspecified atom stereocenters. The van der Waals surface area contributed by atoms with Crippen molar-refractivity contribution in [3.8, 4) is 0 Å². The Balaban J connectivity index is 1.81. The number of aliphatic hydroxyl groups is 3. The Morgan fingerprint density at radius 2 is 2.16 bits per heavy atom. The van der Waals surface area contributed by atoms with Crippen LogP contribution in [0.5, 0.6) is 0 Å². The van der Waals surface area contributed by atoms with E-state index in [0.717, 1.165) is 0 Å². The number of hydrogen-bond donors (Lipinski definition) is 4. The fourth-order valence-electron chi connectivity index (χ4n) is 2.42. The molecule has 3 aliphatic heterocycles. The topological polar surface area (TPSA) is 127 Å². The number of carbonyl (C=O) groups is 1. The molecule has 9 heteroatoms. The maximum absolute atomic E-state index is 11.6. The van der Waals surface area contributed by atoms with E-state index in [9.17, 15) is 15.0 Å². The molecule has 1 amide bonds. The zero-order valence-corrected chi connectivity index (χ0v) is 9.83. The van der Waals surface area contributed by atoms with Gasteiger partial charge in [-0.05, 0) is 0 Å². The highest BCUT2D eigenvalue weighted by Crippen LogP contribution is 2.29. The van der Waals surface area contributed by atoms with Crippen LogP contribution in [0, 0.1) is 0 Å². The molecule has 3 rings (SSSR count). The number of carbonyl (C=O) groups excluding carboxylic acids is 1. The molecule has 0 aliphatic carbocycles. The molecule has 0 aromatic rings. The van der Waals surface area contributed by atoms with Gasteiger partial charge in [0.2, 0.25) is 0 Å². The largest absolute Gasteiger partial charge is 0.394 e. The molecular formula is C10H14N4O5. The van der Waals surface area contributed by atoms with Crippen LogP contribution in [0.25, 0.3) is 0 Å². The van der Waals surface area contributed by atoms with Gasteiger partial charge in [-0.25, -0.2) is 4.99 Å². The third-order valence-electron chi connectivity index (χ3n) is 3.46. The monoisotopic (exact) mass is 270 g/mol. The van der Waals surface area contributed by atoms with Crippen LogP contribution in [0.15, 0.2) is 9.98 Å². The summed E-state index contributed by atoms with van der Waals surface area (Å²) in [4.78, 5) is 21.1. The molecule has 0 aromatic heterocycles. The van der Waals surface area contributed by atoms with Gasteiger partial charge in [0.1, 0.15) is 18.3 Å². The number of ether oxygens (including phenoxy) is 1. The van der Waals surface area contributed by atoms with Gasteiger partial charge < -0.3 is 30.3 Å². The highest BCUT2D eigenvalue weighted by atomic mass is 16.6. The minimum Gasteiger partial charge on any atom is -0.394 e. The lowest BCUT2D eigenvalue weighted by Gasteiger charge is -2.31. The van der Waals surface area contributed by atoms with E-state index in [1.165, 1.54) is 17.6 Å². The lowest BCUT2D eigenvalue weighted by Crippen LogP contribution is -2.53. The predicted molar refractivity (Wildman–Crippen MR) is 62.3 cm³/mol. The van der Waals surface area contributed by atoms with E-state index in [0.29, 0.717) is 0 Å². The lowest BCUT2D eigenvalue weighted by atomic mass is 10.1. The van der Waals surface area contributed by atoms with Crippen molar-refractivity contribution in [3.05, 3.63) is 0 Å². The van der Waals surface area contributed by atoms with Crippen molar-refractivity contribution < 1.29 is 24.9 Å². The number of hydrogen-bond acceptors (Lipinski definition) is 8. The third-order valence-corrected chi connectivity index (χ3v) is 3.46. The molecular weight excluding hydrogens is 256 g/mol. The van der Waals surface area contributed by atoms with Crippen molar-refractivity contribution in [2.45, 2.75) is 36.7 Å². The van der Waals surface area contributed by atoms with E-state index in [4.69, 9.17) is 9.84 Å². The molecule has 0 bridgehead atoms. The zero-order valence-electron chi connectivity index (χ0n) is 9.83. The van der Waals surface area contributed by atoms with Gasteiger partial charge in [-0.3, -0.25) is 9.79 Å². The van der Waals surface area contributed by atoms with Crippen LogP contribution in [0.4, 0.5) is 0 Å². The quantitative estimate of drug-likeness (QED) is 0.414. The molecule has 0 spiro atoms. The second-order valence-corrected chi connectivity index (χ2v) is 4.59. The fourth-order valence-corrected chi connectivity index (χ4v) is 2.42. The second kappa shape index (κ2) is 4.53. The van der Waals surface area contributed by atoms with Crippen molar-refractivity contribution in [3.63, 3.8) is 0 Å². The summed E-state index contributed by atoms with van der Waals surface area (Å²) in [6.45, 7) is -0.405. The maximum atomic E-state index is 11.6. The molecule has 19 heavy (non-hydrogen) atoms. The van der Waals surface area contributed by atoms with E-state index < -0.39 is 43.4 Å². The normalized spacial score (nSPS) is 44.6. The summed E-state index contributed by atoms with van der Waals surface area (Å²) >= 11 is 0. The number of nitrogens with one attached hydrogen (secondary N) is 1. The van der Waals surface area contributed by atoms with Crippen LogP contribution in [-0.2, 0) is 9.53 Å². The predicted octanol–water partition coefficient (Wildman–Crippen LogP) is -3.38. The van der Waals surface area contributed by atoms with Crippen molar-refractivity contribution in [1.29, 1.82) is 0 Å². The van der Waals surface area contributed by atoms with Gasteiger partial charge in [0.15, 0.2) is 18.4 Å². The molecule has 1 saturated heterocycles. The van der Waals surface area contributed by atoms with Crippen molar-refractivity contribution in [2.24, 2.45) is 9.98 Å². The molecule has 6 atom stereocenters. The average Bonchev–Trinajstić information content (AvgIpc) is 2.94. The van der Waals surface area contributed by atoms with E-state index in [1.54, 1.807) is 0 Å². The summed E-state index contributed by atoms with van der Waals surface area (Å²) in [7, 11) is 0. The van der Waals surface area contributed by atoms with Gasteiger partial charge >= 0.3 is 0 Å². The average molecular weight is 270 g/mol. The van der Waals surface area contributed by atoms with Crippen LogP contribution in [0.2, 0.25) is 0 Å². The van der Waals surface area contributed by atoms with Crippen LogP contribution >= 0.6 is 0 Å². The lowest BCUT2D eigenvalue weighted by molar-refractivity contribution is -0.124. The molecule has 3 aliphatic rings.